The highest BCUT2D eigenvalue weighted by atomic mass is 32.2. The number of unbranched alkanes of at least 4 members (excludes halogenated alkanes) is 1. The minimum Gasteiger partial charge on any atom is -0.390 e. The highest BCUT2D eigenvalue weighted by Crippen LogP contribution is 2.27. The Balaban J connectivity index is 0.000000441. The first-order valence-electron chi connectivity index (χ1n) is 47.6. The first kappa shape index (κ1) is 123. The van der Waals surface area contributed by atoms with Crippen molar-refractivity contribution in [2.75, 3.05) is 121 Å². The Kier molecular flexibility index (Phi) is 51.4. The fraction of sp³-hybridized carbons (Fsp3) is 0.545. The fourth-order valence-corrected chi connectivity index (χ4v) is 17.7. The molecule has 33 nitrogen and oxygen atoms in total. The summed E-state index contributed by atoms with van der Waals surface area (Å²) in [6.45, 7) is 29.0. The van der Waals surface area contributed by atoms with Gasteiger partial charge in [0, 0.05) is 192 Å². The number of benzene rings is 6. The molecule has 6 aromatic rings. The van der Waals surface area contributed by atoms with E-state index < -0.39 is 137 Å². The molecule has 42 heteroatoms. The van der Waals surface area contributed by atoms with Gasteiger partial charge in [-0.3, -0.25) is 59.4 Å². The Morgan fingerprint density at radius 3 is 0.837 bits per heavy atom. The number of hydrogen-bond acceptors (Lipinski definition) is 21. The molecule has 0 saturated carbocycles. The number of aliphatic hydroxyl groups excluding tert-OH is 3. The standard InChI is InChI=1S/C34H51F2N5O6S.C33H49F2N5O6S.C32H47F2N5O6S/c1-8-11-14-41(38-32(43)23(4)5)22-31(42)30(17-24-15-27(35)21-28(36)16-24)37-33(44)25-18-26(34(45)40(12-9-2)13-10-3)20-29(19-25)48(46,47)39(6)7;1-8-11-39(12-9-2)33(44)25-17-24(18-28(19-25)47(45,46)38(6)7)32(43)36-29(16-23-14-26(34)20-27(35)15-23)30(41)21-40(10-3)37-31(42)13-22(4)5;1-8-10-39(11-9-2)32(43)24-16-23(17-27(18-24)46(44,45)37(5)6)31(42)35-28(15-22-13-25(33)19-26(34)14-22)29(40)20-38(7)36-30(41)12-21(3)4/h15-16,18-21,23,30-31,42H,8-14,17,22H2,1-7H3,(H,37,44)(H,38,43);14-15,17-20,22,29-30,41H,8-13,16,21H2,1-7H3,(H,36,43)(H,37,42);13-14,16-19,21,28-29,40H,8-12,15,20H2,1-7H3,(H,35,42)(H,36,41). The number of hydrogen-bond donors (Lipinski definition) is 9. The lowest BCUT2D eigenvalue weighted by Gasteiger charge is -2.31. The number of carbonyl (C=O) groups is 9. The number of likely N-dealkylation sites (N-methyl/N-ethyl adjacent to an activating group) is 2. The Morgan fingerprint density at radius 2 is 0.589 bits per heavy atom. The molecule has 9 N–H and O–H groups in total. The van der Waals surface area contributed by atoms with Crippen molar-refractivity contribution in [2.45, 2.75) is 232 Å². The first-order valence-corrected chi connectivity index (χ1v) is 51.9. The van der Waals surface area contributed by atoms with Crippen molar-refractivity contribution in [3.8, 4) is 0 Å². The van der Waals surface area contributed by atoms with Crippen molar-refractivity contribution in [3.63, 3.8) is 0 Å². The maximum atomic E-state index is 14.1. The Morgan fingerprint density at radius 1 is 0.326 bits per heavy atom. The number of sulfonamides is 3. The van der Waals surface area contributed by atoms with Crippen LogP contribution in [0, 0.1) is 52.7 Å². The smallest absolute Gasteiger partial charge is 0.253 e. The van der Waals surface area contributed by atoms with Crippen molar-refractivity contribution in [1.29, 1.82) is 0 Å². The van der Waals surface area contributed by atoms with Gasteiger partial charge in [0.15, 0.2) is 0 Å². The van der Waals surface area contributed by atoms with Gasteiger partial charge in [0.05, 0.1) is 51.1 Å². The van der Waals surface area contributed by atoms with Crippen LogP contribution in [0.5, 0.6) is 0 Å². The zero-order valence-electron chi connectivity index (χ0n) is 85.0. The van der Waals surface area contributed by atoms with Gasteiger partial charge >= 0.3 is 0 Å². The highest BCUT2D eigenvalue weighted by molar-refractivity contribution is 7.89. The third kappa shape index (κ3) is 40.0. The minimum atomic E-state index is -4.08. The number of amides is 9. The van der Waals surface area contributed by atoms with E-state index in [-0.39, 0.29) is 152 Å². The van der Waals surface area contributed by atoms with Gasteiger partial charge in [0.25, 0.3) is 35.4 Å². The lowest BCUT2D eigenvalue weighted by atomic mass is 9.99. The quantitative estimate of drug-likeness (QED) is 0.0126. The molecule has 0 radical (unpaired) electrons. The predicted molar refractivity (Wildman–Crippen MR) is 528 cm³/mol. The highest BCUT2D eigenvalue weighted by Gasteiger charge is 2.35. The van der Waals surface area contributed by atoms with Crippen LogP contribution in [0.1, 0.15) is 240 Å². The molecule has 0 heterocycles. The minimum absolute atomic E-state index is 0.00332. The molecule has 6 unspecified atom stereocenters. The van der Waals surface area contributed by atoms with Gasteiger partial charge < -0.3 is 46.0 Å². The van der Waals surface area contributed by atoms with E-state index in [0.717, 1.165) is 73.9 Å². The lowest BCUT2D eigenvalue weighted by molar-refractivity contribution is -0.130. The molecule has 0 aromatic heterocycles. The third-order valence-electron chi connectivity index (χ3n) is 21.9. The molecule has 0 bridgehead atoms. The Bertz CT molecular complexity index is 5440. The van der Waals surface area contributed by atoms with Gasteiger partial charge in [-0.15, -0.1) is 0 Å². The molecule has 6 atom stereocenters. The second-order valence-corrected chi connectivity index (χ2v) is 42.9. The van der Waals surface area contributed by atoms with Crippen LogP contribution in [0.4, 0.5) is 26.3 Å². The topological polar surface area (TPSA) is 418 Å². The summed E-state index contributed by atoms with van der Waals surface area (Å²) in [5.74, 6) is -9.84. The number of aliphatic hydroxyl groups is 3. The second-order valence-electron chi connectivity index (χ2n) is 36.5. The van der Waals surface area contributed by atoms with E-state index in [1.807, 2.05) is 76.2 Å². The molecule has 786 valence electrons. The van der Waals surface area contributed by atoms with E-state index in [2.05, 4.69) is 32.2 Å². The normalized spacial score (nSPS) is 13.1. The van der Waals surface area contributed by atoms with Gasteiger partial charge in [-0.25, -0.2) is 79.5 Å². The molecule has 6 rings (SSSR count). The number of rotatable bonds is 54. The summed E-state index contributed by atoms with van der Waals surface area (Å²) in [5.41, 5.74) is 8.08. The van der Waals surface area contributed by atoms with Crippen molar-refractivity contribution in [1.82, 2.24) is 74.9 Å². The van der Waals surface area contributed by atoms with Crippen LogP contribution in [0.2, 0.25) is 0 Å². The van der Waals surface area contributed by atoms with E-state index in [9.17, 15) is 110 Å². The van der Waals surface area contributed by atoms with Crippen LogP contribution in [0.3, 0.4) is 0 Å². The Labute approximate surface area is 828 Å². The molecule has 0 spiro atoms. The maximum absolute atomic E-state index is 14.1. The molecule has 0 aliphatic rings. The largest absolute Gasteiger partial charge is 0.390 e. The van der Waals surface area contributed by atoms with Crippen molar-refractivity contribution < 1.29 is 110 Å². The monoisotopic (exact) mass is 2040 g/mol. The van der Waals surface area contributed by atoms with E-state index in [4.69, 9.17) is 0 Å². The number of carbonyl (C=O) groups excluding carboxylic acids is 9. The van der Waals surface area contributed by atoms with Crippen LogP contribution in [-0.2, 0) is 63.7 Å². The Hall–Kier alpha value is -10.4. The van der Waals surface area contributed by atoms with E-state index in [0.29, 0.717) is 116 Å². The van der Waals surface area contributed by atoms with Crippen LogP contribution < -0.4 is 32.2 Å². The summed E-state index contributed by atoms with van der Waals surface area (Å²) in [4.78, 5) is 123. The van der Waals surface area contributed by atoms with Crippen molar-refractivity contribution >= 4 is 83.2 Å². The molecule has 0 aliphatic heterocycles. The summed E-state index contributed by atoms with van der Waals surface area (Å²) in [5, 5.41) is 46.4. The van der Waals surface area contributed by atoms with Crippen molar-refractivity contribution in [3.05, 3.63) is 194 Å². The van der Waals surface area contributed by atoms with Gasteiger partial charge in [0.2, 0.25) is 47.8 Å². The predicted octanol–water partition coefficient (Wildman–Crippen LogP) is 10.7. The summed E-state index contributed by atoms with van der Waals surface area (Å²) >= 11 is 0. The molecule has 6 aromatic carbocycles. The number of halogens is 6. The third-order valence-corrected chi connectivity index (χ3v) is 27.3. The second kappa shape index (κ2) is 59.0. The molecular formula is C99H147F6N15O18S3. The summed E-state index contributed by atoms with van der Waals surface area (Å²) < 4.78 is 166. The summed E-state index contributed by atoms with van der Waals surface area (Å²) in [7, 11) is -2.75. The zero-order chi connectivity index (χ0) is 106. The fourth-order valence-electron chi connectivity index (χ4n) is 14.8. The average molecular weight is 2050 g/mol. The number of hydrazine groups is 3. The molecule has 0 fully saturated rings. The molecule has 0 aliphatic carbocycles. The zero-order valence-corrected chi connectivity index (χ0v) is 87.5. The summed E-state index contributed by atoms with van der Waals surface area (Å²) in [6.07, 6.45) is 1.29. The van der Waals surface area contributed by atoms with Gasteiger partial charge in [0.1, 0.15) is 34.9 Å². The maximum Gasteiger partial charge on any atom is 0.253 e. The molecule has 9 amide bonds. The number of nitrogens with zero attached hydrogens (tertiary/aromatic N) is 9. The average Bonchev–Trinajstić information content (AvgIpc) is 0.794. The van der Waals surface area contributed by atoms with Crippen LogP contribution in [0.15, 0.2) is 124 Å². The summed E-state index contributed by atoms with van der Waals surface area (Å²) in [6, 6.07) is 16.1. The molecular weight excluding hydrogens is 1900 g/mol. The van der Waals surface area contributed by atoms with Gasteiger partial charge in [-0.05, 0) is 184 Å². The molecule has 141 heavy (non-hydrogen) atoms. The van der Waals surface area contributed by atoms with Gasteiger partial charge in [-0.2, -0.15) is 0 Å². The van der Waals surface area contributed by atoms with E-state index >= 15 is 0 Å². The SMILES string of the molecule is CCCCN(CC(O)C(Cc1cc(F)cc(F)c1)NC(=O)c1cc(C(=O)N(CCC)CCC)cc(S(=O)(=O)N(C)C)c1)NC(=O)C(C)C.CCCN(CCC)C(=O)c1cc(C(=O)NC(Cc2cc(F)cc(F)c2)C(O)CN(C)NC(=O)CC(C)C)cc(S(=O)(=O)N(C)C)c1.CCCN(CCC)C(=O)c1cc(C(=O)NC(Cc2cc(F)cc(F)c2)C(O)CN(CC)NC(=O)CC(C)C)cc(S(=O)(=O)N(C)C)c1. The van der Waals surface area contributed by atoms with Crippen molar-refractivity contribution in [2.24, 2.45) is 17.8 Å². The first-order chi connectivity index (χ1) is 66.0. The number of nitrogens with one attached hydrogen (secondary N) is 6. The van der Waals surface area contributed by atoms with Crippen LogP contribution >= 0.6 is 0 Å². The lowest BCUT2D eigenvalue weighted by Crippen LogP contribution is -2.54. The van der Waals surface area contributed by atoms with Gasteiger partial charge in [-0.1, -0.05) is 103 Å². The van der Waals surface area contributed by atoms with E-state index in [1.165, 1.54) is 95.7 Å². The molecule has 0 saturated heterocycles. The van der Waals surface area contributed by atoms with Crippen LogP contribution in [0.25, 0.3) is 0 Å². The van der Waals surface area contributed by atoms with E-state index in [1.54, 1.807) is 40.5 Å². The van der Waals surface area contributed by atoms with Crippen LogP contribution in [-0.4, -0.2) is 294 Å².